The number of nitrogens with zero attached hydrogens (tertiary/aromatic N) is 2. The van der Waals surface area contributed by atoms with E-state index >= 15 is 0 Å². The van der Waals surface area contributed by atoms with Crippen molar-refractivity contribution in [3.05, 3.63) is 35.4 Å². The summed E-state index contributed by atoms with van der Waals surface area (Å²) in [5, 5.41) is 12.7. The van der Waals surface area contributed by atoms with Gasteiger partial charge < -0.3 is 10.4 Å². The first-order valence-corrected chi connectivity index (χ1v) is 7.72. The zero-order chi connectivity index (χ0) is 14.7. The maximum absolute atomic E-state index is 11.3. The minimum absolute atomic E-state index is 0.430. The molecule has 1 aromatic carbocycles. The van der Waals surface area contributed by atoms with Crippen LogP contribution < -0.4 is 5.32 Å². The van der Waals surface area contributed by atoms with E-state index in [0.29, 0.717) is 11.6 Å². The van der Waals surface area contributed by atoms with Crippen molar-refractivity contribution in [3.8, 4) is 0 Å². The van der Waals surface area contributed by atoms with E-state index < -0.39 is 5.97 Å². The second kappa shape index (κ2) is 6.56. The van der Waals surface area contributed by atoms with E-state index in [2.05, 4.69) is 15.1 Å². The lowest BCUT2D eigenvalue weighted by atomic mass is 10.1. The van der Waals surface area contributed by atoms with Crippen LogP contribution in [0.2, 0.25) is 0 Å². The molecule has 0 spiro atoms. The number of nitrogens with one attached hydrogen (secondary N) is 1. The normalized spacial score (nSPS) is 24.3. The molecule has 2 aliphatic rings. The third-order valence-corrected chi connectivity index (χ3v) is 4.60. The van der Waals surface area contributed by atoms with E-state index in [0.717, 1.165) is 51.4 Å². The summed E-state index contributed by atoms with van der Waals surface area (Å²) in [5.41, 5.74) is 1.35. The maximum atomic E-state index is 11.3. The smallest absolute Gasteiger partial charge is 0.336 e. The van der Waals surface area contributed by atoms with Gasteiger partial charge in [0.15, 0.2) is 0 Å². The molecule has 0 radical (unpaired) electrons. The molecule has 0 amide bonds. The van der Waals surface area contributed by atoms with Crippen molar-refractivity contribution < 1.29 is 9.90 Å². The minimum atomic E-state index is -0.832. The first kappa shape index (κ1) is 14.5. The molecule has 5 nitrogen and oxygen atoms in total. The van der Waals surface area contributed by atoms with Gasteiger partial charge in [-0.25, -0.2) is 4.79 Å². The van der Waals surface area contributed by atoms with Gasteiger partial charge >= 0.3 is 5.97 Å². The molecule has 5 heteroatoms. The number of rotatable bonds is 4. The van der Waals surface area contributed by atoms with Crippen LogP contribution >= 0.6 is 0 Å². The monoisotopic (exact) mass is 289 g/mol. The second-order valence-electron chi connectivity index (χ2n) is 5.92. The number of hydrogen-bond acceptors (Lipinski definition) is 4. The summed E-state index contributed by atoms with van der Waals surface area (Å²) in [7, 11) is 0. The Morgan fingerprint density at radius 1 is 1.24 bits per heavy atom. The van der Waals surface area contributed by atoms with Crippen molar-refractivity contribution >= 4 is 5.97 Å². The average Bonchev–Trinajstić information content (AvgIpc) is 3.03. The van der Waals surface area contributed by atoms with Crippen LogP contribution in [0.4, 0.5) is 0 Å². The molecular weight excluding hydrogens is 266 g/mol. The third-order valence-electron chi connectivity index (χ3n) is 4.60. The summed E-state index contributed by atoms with van der Waals surface area (Å²) < 4.78 is 0. The summed E-state index contributed by atoms with van der Waals surface area (Å²) in [4.78, 5) is 16.2. The van der Waals surface area contributed by atoms with Gasteiger partial charge in [-0.2, -0.15) is 0 Å². The topological polar surface area (TPSA) is 55.8 Å². The highest BCUT2D eigenvalue weighted by molar-refractivity contribution is 5.89. The second-order valence-corrected chi connectivity index (χ2v) is 5.92. The first-order valence-electron chi connectivity index (χ1n) is 7.72. The molecule has 3 rings (SSSR count). The Morgan fingerprint density at radius 3 is 2.67 bits per heavy atom. The van der Waals surface area contributed by atoms with Crippen molar-refractivity contribution in [2.75, 3.05) is 39.3 Å². The van der Waals surface area contributed by atoms with Gasteiger partial charge in [-0.1, -0.05) is 18.2 Å². The SMILES string of the molecule is O=C(O)c1ccccc1CN1CCN(C2CCNC2)CC1. The van der Waals surface area contributed by atoms with E-state index in [1.165, 1.54) is 6.42 Å². The van der Waals surface area contributed by atoms with Gasteiger partial charge in [0.1, 0.15) is 0 Å². The molecule has 2 saturated heterocycles. The summed E-state index contributed by atoms with van der Waals surface area (Å²) in [6, 6.07) is 8.02. The van der Waals surface area contributed by atoms with E-state index in [9.17, 15) is 9.90 Å². The van der Waals surface area contributed by atoms with Gasteiger partial charge in [0.25, 0.3) is 0 Å². The van der Waals surface area contributed by atoms with E-state index in [1.807, 2.05) is 12.1 Å². The quantitative estimate of drug-likeness (QED) is 0.861. The van der Waals surface area contributed by atoms with Crippen LogP contribution in [0.15, 0.2) is 24.3 Å². The Morgan fingerprint density at radius 2 is 2.00 bits per heavy atom. The van der Waals surface area contributed by atoms with Crippen LogP contribution in [0.5, 0.6) is 0 Å². The minimum Gasteiger partial charge on any atom is -0.478 e. The predicted octanol–water partition coefficient (Wildman–Crippen LogP) is 0.864. The molecule has 1 aromatic rings. The summed E-state index contributed by atoms with van der Waals surface area (Å²) in [6.07, 6.45) is 1.25. The molecule has 2 N–H and O–H groups in total. The molecule has 1 atom stereocenters. The summed E-state index contributed by atoms with van der Waals surface area (Å²) >= 11 is 0. The zero-order valence-electron chi connectivity index (χ0n) is 12.3. The van der Waals surface area contributed by atoms with Crippen LogP contribution in [0, 0.1) is 0 Å². The third kappa shape index (κ3) is 3.43. The van der Waals surface area contributed by atoms with Gasteiger partial charge in [-0.05, 0) is 24.6 Å². The molecule has 0 aromatic heterocycles. The van der Waals surface area contributed by atoms with Crippen LogP contribution in [0.25, 0.3) is 0 Å². The highest BCUT2D eigenvalue weighted by Gasteiger charge is 2.26. The first-order chi connectivity index (χ1) is 10.2. The van der Waals surface area contributed by atoms with Crippen LogP contribution in [0.3, 0.4) is 0 Å². The fraction of sp³-hybridized carbons (Fsp3) is 0.562. The molecule has 1 unspecified atom stereocenters. The number of carboxylic acid groups (broad SMARTS) is 1. The molecule has 2 heterocycles. The highest BCUT2D eigenvalue weighted by atomic mass is 16.4. The van der Waals surface area contributed by atoms with Crippen LogP contribution in [0.1, 0.15) is 22.3 Å². The van der Waals surface area contributed by atoms with Crippen molar-refractivity contribution in [1.29, 1.82) is 0 Å². The van der Waals surface area contributed by atoms with Crippen LogP contribution in [-0.2, 0) is 6.54 Å². The molecule has 0 aliphatic carbocycles. The molecular formula is C16H23N3O2. The van der Waals surface area contributed by atoms with E-state index in [1.54, 1.807) is 12.1 Å². The standard InChI is InChI=1S/C16H23N3O2/c20-16(21)15-4-2-1-3-13(15)12-18-7-9-19(10-8-18)14-5-6-17-11-14/h1-4,14,17H,5-12H2,(H,20,21). The molecule has 0 saturated carbocycles. The van der Waals surface area contributed by atoms with Gasteiger partial charge in [0.05, 0.1) is 5.56 Å². The fourth-order valence-electron chi connectivity index (χ4n) is 3.35. The Bertz CT molecular complexity index is 492. The number of piperazine rings is 1. The number of hydrogen-bond donors (Lipinski definition) is 2. The predicted molar refractivity (Wildman–Crippen MR) is 81.5 cm³/mol. The summed E-state index contributed by atoms with van der Waals surface area (Å²) in [5.74, 6) is -0.832. The van der Waals surface area contributed by atoms with Crippen molar-refractivity contribution in [2.45, 2.75) is 19.0 Å². The lowest BCUT2D eigenvalue weighted by Crippen LogP contribution is -2.50. The summed E-state index contributed by atoms with van der Waals surface area (Å²) in [6.45, 7) is 7.19. The van der Waals surface area contributed by atoms with Gasteiger partial charge in [-0.3, -0.25) is 9.80 Å². The molecule has 2 aliphatic heterocycles. The molecule has 21 heavy (non-hydrogen) atoms. The largest absolute Gasteiger partial charge is 0.478 e. The molecule has 114 valence electrons. The van der Waals surface area contributed by atoms with Crippen molar-refractivity contribution in [3.63, 3.8) is 0 Å². The number of carbonyl (C=O) groups is 1. The number of benzene rings is 1. The zero-order valence-corrected chi connectivity index (χ0v) is 12.3. The maximum Gasteiger partial charge on any atom is 0.336 e. The lowest BCUT2D eigenvalue weighted by Gasteiger charge is -2.37. The van der Waals surface area contributed by atoms with Gasteiger partial charge in [0, 0.05) is 45.3 Å². The van der Waals surface area contributed by atoms with Crippen molar-refractivity contribution in [1.82, 2.24) is 15.1 Å². The van der Waals surface area contributed by atoms with Crippen molar-refractivity contribution in [2.24, 2.45) is 0 Å². The van der Waals surface area contributed by atoms with Crippen LogP contribution in [-0.4, -0.2) is 66.2 Å². The Kier molecular flexibility index (Phi) is 4.53. The highest BCUT2D eigenvalue weighted by Crippen LogP contribution is 2.16. The lowest BCUT2D eigenvalue weighted by molar-refractivity contribution is 0.0691. The molecule has 2 fully saturated rings. The number of carboxylic acids is 1. The number of aromatic carboxylic acids is 1. The average molecular weight is 289 g/mol. The Labute approximate surface area is 125 Å². The van der Waals surface area contributed by atoms with Gasteiger partial charge in [-0.15, -0.1) is 0 Å². The van der Waals surface area contributed by atoms with E-state index in [4.69, 9.17) is 0 Å². The molecule has 0 bridgehead atoms. The van der Waals surface area contributed by atoms with Gasteiger partial charge in [0.2, 0.25) is 0 Å². The van der Waals surface area contributed by atoms with E-state index in [-0.39, 0.29) is 0 Å². The fourth-order valence-corrected chi connectivity index (χ4v) is 3.35. The Hall–Kier alpha value is -1.43. The Balaban J connectivity index is 1.57.